The first-order chi connectivity index (χ1) is 16.5. The van der Waals surface area contributed by atoms with Crippen molar-refractivity contribution in [2.45, 2.75) is 25.3 Å². The smallest absolute Gasteiger partial charge is 0.211 e. The second-order valence-corrected chi connectivity index (χ2v) is 8.00. The third-order valence-electron chi connectivity index (χ3n) is 5.45. The highest BCUT2D eigenvalue weighted by atomic mass is 35.5. The molecule has 4 aromatic heterocycles. The number of pyridine rings is 1. The van der Waals surface area contributed by atoms with Crippen LogP contribution in [0.1, 0.15) is 25.3 Å². The first-order valence-electron chi connectivity index (χ1n) is 10.5. The first kappa shape index (κ1) is 23.1. The molecule has 4 aromatic rings. The molecule has 0 aliphatic carbocycles. The zero-order chi connectivity index (χ0) is 24.1. The monoisotopic (exact) mass is 481 g/mol. The lowest BCUT2D eigenvalue weighted by Gasteiger charge is -2.22. The van der Waals surface area contributed by atoms with Crippen molar-refractivity contribution in [3.05, 3.63) is 48.0 Å². The summed E-state index contributed by atoms with van der Waals surface area (Å²) in [5, 5.41) is 16.9. The Kier molecular flexibility index (Phi) is 6.98. The van der Waals surface area contributed by atoms with Gasteiger partial charge in [0, 0.05) is 43.0 Å². The SMILES string of the molecule is CN(CCC[C@H](CC#N)n1cc(-c2ncnc3[nH]ccc23)cn1)c1nc(Cl)c(F)cc1NC=O. The van der Waals surface area contributed by atoms with Gasteiger partial charge in [-0.05, 0) is 18.9 Å². The molecular formula is C22H21ClFN9O. The molecule has 12 heteroatoms. The summed E-state index contributed by atoms with van der Waals surface area (Å²) in [4.78, 5) is 28.4. The van der Waals surface area contributed by atoms with E-state index in [0.717, 1.165) is 28.4 Å². The highest BCUT2D eigenvalue weighted by Crippen LogP contribution is 2.29. The standard InChI is InChI=1S/C22H21ClFN9O/c1-32(22-18(29-13-34)9-17(24)20(23)31-22)8-2-3-15(4-6-25)33-11-14(10-30-33)19-16-5-7-26-21(16)28-12-27-19/h5,7,9-13,15H,2-4,8H2,1H3,(H,29,34)(H,26,27,28)/t15-/m1/s1. The van der Waals surface area contributed by atoms with Crippen LogP contribution in [0.25, 0.3) is 22.3 Å². The number of carbonyl (C=O) groups is 1. The number of hydrogen-bond acceptors (Lipinski definition) is 7. The lowest BCUT2D eigenvalue weighted by molar-refractivity contribution is -0.105. The Balaban J connectivity index is 1.46. The molecule has 1 atom stereocenters. The van der Waals surface area contributed by atoms with E-state index in [2.05, 4.69) is 36.4 Å². The van der Waals surface area contributed by atoms with Crippen LogP contribution in [0.3, 0.4) is 0 Å². The number of amides is 1. The number of nitrogens with one attached hydrogen (secondary N) is 2. The Morgan fingerprint density at radius 1 is 1.44 bits per heavy atom. The molecule has 0 spiro atoms. The van der Waals surface area contributed by atoms with Crippen molar-refractivity contribution in [3.8, 4) is 17.3 Å². The number of rotatable bonds is 10. The van der Waals surface area contributed by atoms with Crippen LogP contribution in [-0.2, 0) is 4.79 Å². The molecule has 10 nitrogen and oxygen atoms in total. The van der Waals surface area contributed by atoms with Gasteiger partial charge in [-0.15, -0.1) is 0 Å². The molecule has 0 fully saturated rings. The summed E-state index contributed by atoms with van der Waals surface area (Å²) in [5.74, 6) is -0.358. The zero-order valence-electron chi connectivity index (χ0n) is 18.2. The van der Waals surface area contributed by atoms with Crippen LogP contribution in [0.2, 0.25) is 5.15 Å². The Morgan fingerprint density at radius 3 is 3.09 bits per heavy atom. The van der Waals surface area contributed by atoms with Crippen LogP contribution in [0.5, 0.6) is 0 Å². The molecule has 0 aliphatic rings. The van der Waals surface area contributed by atoms with E-state index in [1.807, 2.05) is 12.3 Å². The van der Waals surface area contributed by atoms with Crippen LogP contribution in [0.15, 0.2) is 37.1 Å². The topological polar surface area (TPSA) is 128 Å². The number of fused-ring (bicyclic) bond motifs is 1. The van der Waals surface area contributed by atoms with Gasteiger partial charge in [0.15, 0.2) is 16.8 Å². The number of aromatic nitrogens is 6. The van der Waals surface area contributed by atoms with Crippen molar-refractivity contribution in [2.24, 2.45) is 0 Å². The van der Waals surface area contributed by atoms with Crippen LogP contribution >= 0.6 is 11.6 Å². The average Bonchev–Trinajstić information content (AvgIpc) is 3.50. The lowest BCUT2D eigenvalue weighted by Crippen LogP contribution is -2.22. The van der Waals surface area contributed by atoms with Gasteiger partial charge in [0.25, 0.3) is 0 Å². The Bertz CT molecular complexity index is 1350. The van der Waals surface area contributed by atoms with E-state index in [1.165, 1.54) is 6.33 Å². The number of aromatic amines is 1. The van der Waals surface area contributed by atoms with E-state index in [0.29, 0.717) is 31.6 Å². The molecular weight excluding hydrogens is 461 g/mol. The molecule has 0 unspecified atom stereocenters. The predicted molar refractivity (Wildman–Crippen MR) is 126 cm³/mol. The minimum absolute atomic E-state index is 0.145. The van der Waals surface area contributed by atoms with Crippen molar-refractivity contribution in [1.29, 1.82) is 5.26 Å². The van der Waals surface area contributed by atoms with E-state index in [-0.39, 0.29) is 23.3 Å². The number of anilines is 2. The fourth-order valence-electron chi connectivity index (χ4n) is 3.78. The van der Waals surface area contributed by atoms with Crippen molar-refractivity contribution in [3.63, 3.8) is 0 Å². The van der Waals surface area contributed by atoms with Crippen LogP contribution in [0, 0.1) is 17.1 Å². The van der Waals surface area contributed by atoms with Gasteiger partial charge in [0.2, 0.25) is 6.41 Å². The Morgan fingerprint density at radius 2 is 2.29 bits per heavy atom. The molecule has 0 aliphatic heterocycles. The highest BCUT2D eigenvalue weighted by Gasteiger charge is 2.17. The van der Waals surface area contributed by atoms with E-state index in [9.17, 15) is 14.4 Å². The summed E-state index contributed by atoms with van der Waals surface area (Å²) < 4.78 is 15.5. The summed E-state index contributed by atoms with van der Waals surface area (Å²) in [6, 6.07) is 5.12. The molecule has 1 amide bonds. The summed E-state index contributed by atoms with van der Waals surface area (Å²) >= 11 is 5.83. The van der Waals surface area contributed by atoms with Crippen LogP contribution < -0.4 is 10.2 Å². The number of hydrogen-bond donors (Lipinski definition) is 2. The van der Waals surface area contributed by atoms with Gasteiger partial charge < -0.3 is 15.2 Å². The molecule has 0 aromatic carbocycles. The molecule has 0 saturated heterocycles. The number of nitriles is 1. The number of halogens is 2. The van der Waals surface area contributed by atoms with Crippen LogP contribution in [-0.4, -0.2) is 49.7 Å². The van der Waals surface area contributed by atoms with Crippen molar-refractivity contribution in [2.75, 3.05) is 23.8 Å². The minimum atomic E-state index is -0.715. The molecule has 174 valence electrons. The first-order valence-corrected chi connectivity index (χ1v) is 10.9. The van der Waals surface area contributed by atoms with Crippen molar-refractivity contribution < 1.29 is 9.18 Å². The van der Waals surface area contributed by atoms with Crippen molar-refractivity contribution >= 4 is 40.5 Å². The number of carbonyl (C=O) groups excluding carboxylic acids is 1. The molecule has 0 bridgehead atoms. The Hall–Kier alpha value is -4.04. The minimum Gasteiger partial charge on any atom is -0.358 e. The van der Waals surface area contributed by atoms with E-state index in [4.69, 9.17) is 11.6 Å². The summed E-state index contributed by atoms with van der Waals surface area (Å²) in [7, 11) is 1.77. The second-order valence-electron chi connectivity index (χ2n) is 7.65. The van der Waals surface area contributed by atoms with E-state index >= 15 is 0 Å². The van der Waals surface area contributed by atoms with E-state index < -0.39 is 5.82 Å². The molecule has 0 radical (unpaired) electrons. The predicted octanol–water partition coefficient (Wildman–Crippen LogP) is 3.95. The maximum atomic E-state index is 13.7. The molecule has 0 saturated carbocycles. The maximum absolute atomic E-state index is 13.7. The van der Waals surface area contributed by atoms with Gasteiger partial charge in [-0.2, -0.15) is 10.4 Å². The summed E-state index contributed by atoms with van der Waals surface area (Å²) in [6.45, 7) is 0.536. The van der Waals surface area contributed by atoms with Gasteiger partial charge in [-0.1, -0.05) is 11.6 Å². The Labute approximate surface area is 199 Å². The molecule has 4 heterocycles. The summed E-state index contributed by atoms with van der Waals surface area (Å²) in [5.41, 5.74) is 2.57. The second kappa shape index (κ2) is 10.3. The van der Waals surface area contributed by atoms with Gasteiger partial charge in [-0.25, -0.2) is 19.3 Å². The lowest BCUT2D eigenvalue weighted by atomic mass is 10.1. The van der Waals surface area contributed by atoms with Crippen LogP contribution in [0.4, 0.5) is 15.9 Å². The van der Waals surface area contributed by atoms with Gasteiger partial charge in [0.05, 0.1) is 36.1 Å². The maximum Gasteiger partial charge on any atom is 0.211 e. The molecule has 34 heavy (non-hydrogen) atoms. The van der Waals surface area contributed by atoms with Gasteiger partial charge in [0.1, 0.15) is 12.0 Å². The quantitative estimate of drug-likeness (QED) is 0.259. The zero-order valence-corrected chi connectivity index (χ0v) is 19.0. The van der Waals surface area contributed by atoms with Crippen molar-refractivity contribution in [1.82, 2.24) is 29.7 Å². The molecule has 2 N–H and O–H groups in total. The normalized spacial score (nSPS) is 11.8. The average molecular weight is 482 g/mol. The largest absolute Gasteiger partial charge is 0.358 e. The fraction of sp³-hybridized carbons (Fsp3) is 0.273. The highest BCUT2D eigenvalue weighted by molar-refractivity contribution is 6.29. The van der Waals surface area contributed by atoms with Gasteiger partial charge >= 0.3 is 0 Å². The summed E-state index contributed by atoms with van der Waals surface area (Å²) in [6.07, 6.45) is 9.00. The fourth-order valence-corrected chi connectivity index (χ4v) is 3.92. The van der Waals surface area contributed by atoms with Gasteiger partial charge in [-0.3, -0.25) is 9.48 Å². The third-order valence-corrected chi connectivity index (χ3v) is 5.71. The molecule has 4 rings (SSSR count). The van der Waals surface area contributed by atoms with E-state index in [1.54, 1.807) is 29.0 Å². The number of nitrogens with zero attached hydrogens (tertiary/aromatic N) is 7. The third kappa shape index (κ3) is 4.82. The number of H-pyrrole nitrogens is 1.